The summed E-state index contributed by atoms with van der Waals surface area (Å²) in [5, 5.41) is 4.09. The first-order valence-electron chi connectivity index (χ1n) is 7.53. The first-order valence-corrected chi connectivity index (χ1v) is 7.53. The topological polar surface area (TPSA) is 54.3 Å². The van der Waals surface area contributed by atoms with Crippen molar-refractivity contribution in [1.82, 2.24) is 24.6 Å². The number of likely N-dealkylation sites (tertiary alicyclic amines) is 2. The van der Waals surface area contributed by atoms with Crippen LogP contribution in [0.1, 0.15) is 38.6 Å². The van der Waals surface area contributed by atoms with Crippen LogP contribution in [-0.2, 0) is 4.79 Å². The zero-order chi connectivity index (χ0) is 14.1. The van der Waals surface area contributed by atoms with Crippen LogP contribution in [0.15, 0.2) is 12.7 Å². The molecule has 1 aromatic rings. The van der Waals surface area contributed by atoms with Crippen LogP contribution in [0.25, 0.3) is 0 Å². The van der Waals surface area contributed by atoms with Gasteiger partial charge in [-0.2, -0.15) is 5.10 Å². The van der Waals surface area contributed by atoms with Gasteiger partial charge in [-0.05, 0) is 46.2 Å². The third kappa shape index (κ3) is 2.32. The summed E-state index contributed by atoms with van der Waals surface area (Å²) in [5.74, 6) is 0.179. The highest BCUT2D eigenvalue weighted by Crippen LogP contribution is 2.30. The molecule has 2 aliphatic rings. The second-order valence-electron chi connectivity index (χ2n) is 5.98. The smallest absolute Gasteiger partial charge is 0.247 e. The molecule has 0 bridgehead atoms. The van der Waals surface area contributed by atoms with E-state index >= 15 is 0 Å². The van der Waals surface area contributed by atoms with Crippen molar-refractivity contribution in [2.24, 2.45) is 0 Å². The summed E-state index contributed by atoms with van der Waals surface area (Å²) in [6.45, 7) is 3.94. The Morgan fingerprint density at radius 1 is 1.25 bits per heavy atom. The Kier molecular flexibility index (Phi) is 3.74. The highest BCUT2D eigenvalue weighted by Gasteiger charge is 2.39. The summed E-state index contributed by atoms with van der Waals surface area (Å²) >= 11 is 0. The molecule has 3 rings (SSSR count). The Bertz CT molecular complexity index is 460. The fourth-order valence-electron chi connectivity index (χ4n) is 3.66. The SMILES string of the molecule is C[C@H](C(=O)N1CCC[C@@H]1[C@H]1CCCN1C)n1cncn1. The maximum absolute atomic E-state index is 12.7. The number of carbonyl (C=O) groups excluding carboxylic acids is 1. The van der Waals surface area contributed by atoms with Crippen molar-refractivity contribution in [3.63, 3.8) is 0 Å². The van der Waals surface area contributed by atoms with Gasteiger partial charge in [-0.25, -0.2) is 9.67 Å². The second kappa shape index (κ2) is 5.52. The predicted molar refractivity (Wildman–Crippen MR) is 75.1 cm³/mol. The highest BCUT2D eigenvalue weighted by atomic mass is 16.2. The first-order chi connectivity index (χ1) is 9.68. The molecule has 0 radical (unpaired) electrons. The predicted octanol–water partition coefficient (Wildman–Crippen LogP) is 0.924. The Balaban J connectivity index is 1.73. The van der Waals surface area contributed by atoms with Gasteiger partial charge in [0.25, 0.3) is 0 Å². The quantitative estimate of drug-likeness (QED) is 0.824. The molecule has 0 unspecified atom stereocenters. The summed E-state index contributed by atoms with van der Waals surface area (Å²) in [4.78, 5) is 21.2. The second-order valence-corrected chi connectivity index (χ2v) is 5.98. The number of rotatable bonds is 3. The molecular weight excluding hydrogens is 254 g/mol. The Morgan fingerprint density at radius 3 is 2.65 bits per heavy atom. The molecule has 3 heterocycles. The summed E-state index contributed by atoms with van der Waals surface area (Å²) in [7, 11) is 2.18. The average Bonchev–Trinajstić information content (AvgIpc) is 3.17. The number of carbonyl (C=O) groups is 1. The minimum atomic E-state index is -0.259. The van der Waals surface area contributed by atoms with Crippen LogP contribution in [-0.4, -0.2) is 62.7 Å². The van der Waals surface area contributed by atoms with E-state index in [1.54, 1.807) is 11.0 Å². The lowest BCUT2D eigenvalue weighted by Gasteiger charge is -2.34. The van der Waals surface area contributed by atoms with Crippen molar-refractivity contribution in [3.8, 4) is 0 Å². The zero-order valence-corrected chi connectivity index (χ0v) is 12.3. The van der Waals surface area contributed by atoms with Crippen molar-refractivity contribution < 1.29 is 4.79 Å². The molecule has 0 saturated carbocycles. The zero-order valence-electron chi connectivity index (χ0n) is 12.3. The van der Waals surface area contributed by atoms with Crippen LogP contribution >= 0.6 is 0 Å². The molecule has 2 saturated heterocycles. The van der Waals surface area contributed by atoms with Gasteiger partial charge in [-0.3, -0.25) is 4.79 Å². The van der Waals surface area contributed by atoms with E-state index in [9.17, 15) is 4.79 Å². The van der Waals surface area contributed by atoms with Gasteiger partial charge in [-0.1, -0.05) is 0 Å². The first kappa shape index (κ1) is 13.5. The lowest BCUT2D eigenvalue weighted by Crippen LogP contribution is -2.48. The number of hydrogen-bond acceptors (Lipinski definition) is 4. The average molecular weight is 277 g/mol. The third-order valence-electron chi connectivity index (χ3n) is 4.79. The molecule has 6 heteroatoms. The van der Waals surface area contributed by atoms with E-state index in [2.05, 4.69) is 26.9 Å². The lowest BCUT2D eigenvalue weighted by atomic mass is 10.0. The molecule has 110 valence electrons. The van der Waals surface area contributed by atoms with Crippen molar-refractivity contribution in [2.75, 3.05) is 20.1 Å². The fourth-order valence-corrected chi connectivity index (χ4v) is 3.66. The van der Waals surface area contributed by atoms with Crippen LogP contribution < -0.4 is 0 Å². The molecule has 1 aromatic heterocycles. The molecule has 2 fully saturated rings. The summed E-state index contributed by atoms with van der Waals surface area (Å²) in [5.41, 5.74) is 0. The number of nitrogens with zero attached hydrogens (tertiary/aromatic N) is 5. The van der Waals surface area contributed by atoms with Gasteiger partial charge in [0.15, 0.2) is 0 Å². The highest BCUT2D eigenvalue weighted by molar-refractivity contribution is 5.80. The van der Waals surface area contributed by atoms with Gasteiger partial charge in [0.05, 0.1) is 0 Å². The van der Waals surface area contributed by atoms with Crippen LogP contribution in [0.3, 0.4) is 0 Å². The van der Waals surface area contributed by atoms with Crippen LogP contribution in [0, 0.1) is 0 Å². The minimum Gasteiger partial charge on any atom is -0.336 e. The molecule has 3 atom stereocenters. The van der Waals surface area contributed by atoms with Gasteiger partial charge in [0.1, 0.15) is 18.7 Å². The molecular formula is C14H23N5O. The van der Waals surface area contributed by atoms with Gasteiger partial charge in [0.2, 0.25) is 5.91 Å². The molecule has 6 nitrogen and oxygen atoms in total. The van der Waals surface area contributed by atoms with Gasteiger partial charge in [-0.15, -0.1) is 0 Å². The van der Waals surface area contributed by atoms with E-state index in [4.69, 9.17) is 0 Å². The van der Waals surface area contributed by atoms with Crippen molar-refractivity contribution in [3.05, 3.63) is 12.7 Å². The fraction of sp³-hybridized carbons (Fsp3) is 0.786. The van der Waals surface area contributed by atoms with E-state index in [0.717, 1.165) is 25.9 Å². The number of aromatic nitrogens is 3. The maximum Gasteiger partial charge on any atom is 0.247 e. The van der Waals surface area contributed by atoms with Crippen molar-refractivity contribution >= 4 is 5.91 Å². The largest absolute Gasteiger partial charge is 0.336 e. The summed E-state index contributed by atoms with van der Waals surface area (Å²) < 4.78 is 1.65. The summed E-state index contributed by atoms with van der Waals surface area (Å²) in [6.07, 6.45) is 7.81. The molecule has 0 aromatic carbocycles. The van der Waals surface area contributed by atoms with E-state index in [1.165, 1.54) is 19.2 Å². The van der Waals surface area contributed by atoms with Gasteiger partial charge < -0.3 is 9.80 Å². The van der Waals surface area contributed by atoms with Crippen molar-refractivity contribution in [2.45, 2.75) is 50.7 Å². The normalized spacial score (nSPS) is 29.0. The summed E-state index contributed by atoms with van der Waals surface area (Å²) in [6, 6.07) is 0.648. The molecule has 2 aliphatic heterocycles. The van der Waals surface area contributed by atoms with E-state index in [0.29, 0.717) is 12.1 Å². The van der Waals surface area contributed by atoms with Crippen LogP contribution in [0.4, 0.5) is 0 Å². The lowest BCUT2D eigenvalue weighted by molar-refractivity contribution is -0.136. The Morgan fingerprint density at radius 2 is 2.00 bits per heavy atom. The number of likely N-dealkylation sites (N-methyl/N-ethyl adjacent to an activating group) is 1. The Labute approximate surface area is 119 Å². The number of amides is 1. The maximum atomic E-state index is 12.7. The monoisotopic (exact) mass is 277 g/mol. The van der Waals surface area contributed by atoms with E-state index < -0.39 is 0 Å². The van der Waals surface area contributed by atoms with Gasteiger partial charge in [0, 0.05) is 18.6 Å². The van der Waals surface area contributed by atoms with Crippen LogP contribution in [0.2, 0.25) is 0 Å². The van der Waals surface area contributed by atoms with Crippen molar-refractivity contribution in [1.29, 1.82) is 0 Å². The molecule has 0 aliphatic carbocycles. The Hall–Kier alpha value is -1.43. The molecule has 0 spiro atoms. The van der Waals surface area contributed by atoms with Crippen LogP contribution in [0.5, 0.6) is 0 Å². The third-order valence-corrected chi connectivity index (χ3v) is 4.79. The standard InChI is InChI=1S/C14H23N5O/c1-11(19-10-15-9-16-19)14(20)18-8-4-6-13(18)12-5-3-7-17(12)2/h9-13H,3-8H2,1-2H3/t11-,12-,13-/m1/s1. The molecule has 20 heavy (non-hydrogen) atoms. The molecule has 1 amide bonds. The molecule has 0 N–H and O–H groups in total. The number of hydrogen-bond donors (Lipinski definition) is 0. The minimum absolute atomic E-state index is 0.179. The van der Waals surface area contributed by atoms with E-state index in [1.807, 2.05) is 6.92 Å². The van der Waals surface area contributed by atoms with E-state index in [-0.39, 0.29) is 11.9 Å². The van der Waals surface area contributed by atoms with Gasteiger partial charge >= 0.3 is 0 Å².